The van der Waals surface area contributed by atoms with Crippen LogP contribution in [0.15, 0.2) is 53.0 Å². The Balaban J connectivity index is 1.73. The van der Waals surface area contributed by atoms with Gasteiger partial charge in [-0.25, -0.2) is 0 Å². The van der Waals surface area contributed by atoms with E-state index in [0.717, 1.165) is 41.0 Å². The van der Waals surface area contributed by atoms with Gasteiger partial charge < -0.3 is 20.3 Å². The second-order valence-electron chi connectivity index (χ2n) is 6.13. The highest BCUT2D eigenvalue weighted by Crippen LogP contribution is 2.18. The van der Waals surface area contributed by atoms with Gasteiger partial charge in [0, 0.05) is 23.1 Å². The van der Waals surface area contributed by atoms with Crippen LogP contribution in [0.5, 0.6) is 5.75 Å². The van der Waals surface area contributed by atoms with Crippen molar-refractivity contribution >= 4 is 38.9 Å². The van der Waals surface area contributed by atoms with Gasteiger partial charge in [-0.3, -0.25) is 0 Å². The maximum absolute atomic E-state index is 5.77. The average Bonchev–Trinajstić information content (AvgIpc) is 2.59. The summed E-state index contributed by atoms with van der Waals surface area (Å²) in [4.78, 5) is 1.45. The zero-order valence-electron chi connectivity index (χ0n) is 14.6. The number of anilines is 1. The number of ether oxygens (including phenoxy) is 1. The van der Waals surface area contributed by atoms with E-state index in [1.807, 2.05) is 48.5 Å². The van der Waals surface area contributed by atoms with Crippen molar-refractivity contribution in [3.8, 4) is 5.75 Å². The summed E-state index contributed by atoms with van der Waals surface area (Å²) < 4.78 is 6.82. The van der Waals surface area contributed by atoms with Crippen molar-refractivity contribution in [1.82, 2.24) is 5.32 Å². The summed E-state index contributed by atoms with van der Waals surface area (Å²) in [7, 11) is 4.30. The number of hydrogen-bond donors (Lipinski definition) is 3. The first kappa shape index (κ1) is 19.7. The molecule has 3 N–H and O–H groups in total. The lowest BCUT2D eigenvalue weighted by Gasteiger charge is -2.12. The van der Waals surface area contributed by atoms with Crippen molar-refractivity contribution in [2.75, 3.05) is 32.5 Å². The zero-order valence-corrected chi connectivity index (χ0v) is 17.0. The smallest absolute Gasteiger partial charge is 0.170 e. The molecule has 25 heavy (non-hydrogen) atoms. The van der Waals surface area contributed by atoms with Gasteiger partial charge in [0.25, 0.3) is 0 Å². The van der Waals surface area contributed by atoms with Crippen LogP contribution < -0.4 is 20.3 Å². The van der Waals surface area contributed by atoms with Crippen molar-refractivity contribution in [1.29, 1.82) is 0 Å². The molecule has 6 heteroatoms. The SMILES string of the molecule is C[NH+](C)CCCNC(=S)Nc1ccc(COc2ccc(Br)cc2)cc1. The van der Waals surface area contributed by atoms with Crippen molar-refractivity contribution < 1.29 is 9.64 Å². The van der Waals surface area contributed by atoms with Gasteiger partial charge in [0.1, 0.15) is 12.4 Å². The van der Waals surface area contributed by atoms with Gasteiger partial charge >= 0.3 is 0 Å². The standard InChI is InChI=1S/C19H24BrN3OS/c1-23(2)13-3-12-21-19(25)22-17-8-4-15(5-9-17)14-24-18-10-6-16(20)7-11-18/h4-11H,3,12-14H2,1-2H3,(H2,21,22,25)/p+1. The molecule has 2 aromatic carbocycles. The summed E-state index contributed by atoms with van der Waals surface area (Å²) in [5.74, 6) is 0.857. The number of benzene rings is 2. The average molecular weight is 423 g/mol. The fourth-order valence-electron chi connectivity index (χ4n) is 2.20. The van der Waals surface area contributed by atoms with E-state index in [9.17, 15) is 0 Å². The minimum Gasteiger partial charge on any atom is -0.489 e. The summed E-state index contributed by atoms with van der Waals surface area (Å²) >= 11 is 8.73. The molecule has 0 bridgehead atoms. The molecule has 134 valence electrons. The van der Waals surface area contributed by atoms with E-state index in [1.165, 1.54) is 4.90 Å². The number of thiocarbonyl (C=S) groups is 1. The lowest BCUT2D eigenvalue weighted by Crippen LogP contribution is -3.05. The first-order valence-corrected chi connectivity index (χ1v) is 9.54. The molecule has 0 radical (unpaired) electrons. The number of hydrogen-bond acceptors (Lipinski definition) is 2. The Bertz CT molecular complexity index is 659. The normalized spacial score (nSPS) is 10.6. The Hall–Kier alpha value is -1.63. The van der Waals surface area contributed by atoms with Gasteiger partial charge in [-0.05, 0) is 54.2 Å². The van der Waals surface area contributed by atoms with Gasteiger partial charge in [-0.15, -0.1) is 0 Å². The molecule has 0 aliphatic rings. The van der Waals surface area contributed by atoms with Crippen molar-refractivity contribution in [3.05, 3.63) is 58.6 Å². The number of nitrogens with one attached hydrogen (secondary N) is 3. The van der Waals surface area contributed by atoms with Crippen LogP contribution >= 0.6 is 28.1 Å². The molecule has 0 aliphatic carbocycles. The van der Waals surface area contributed by atoms with E-state index in [-0.39, 0.29) is 0 Å². The maximum atomic E-state index is 5.77. The topological polar surface area (TPSA) is 37.7 Å². The third kappa shape index (κ3) is 7.86. The van der Waals surface area contributed by atoms with Crippen LogP contribution in [0.1, 0.15) is 12.0 Å². The van der Waals surface area contributed by atoms with Crippen LogP contribution in [0, 0.1) is 0 Å². The second-order valence-corrected chi connectivity index (χ2v) is 7.46. The Kier molecular flexibility index (Phi) is 8.18. The highest BCUT2D eigenvalue weighted by atomic mass is 79.9. The predicted octanol–water partition coefficient (Wildman–Crippen LogP) is 2.85. The van der Waals surface area contributed by atoms with E-state index in [2.05, 4.69) is 40.7 Å². The zero-order chi connectivity index (χ0) is 18.1. The highest BCUT2D eigenvalue weighted by molar-refractivity contribution is 9.10. The Morgan fingerprint density at radius 1 is 1.08 bits per heavy atom. The molecule has 0 atom stereocenters. The fraction of sp³-hybridized carbons (Fsp3) is 0.316. The van der Waals surface area contributed by atoms with E-state index in [0.29, 0.717) is 11.7 Å². The molecule has 0 amide bonds. The lowest BCUT2D eigenvalue weighted by molar-refractivity contribution is -0.858. The van der Waals surface area contributed by atoms with Crippen molar-refractivity contribution in [3.63, 3.8) is 0 Å². The van der Waals surface area contributed by atoms with Crippen LogP contribution in [0.3, 0.4) is 0 Å². The molecule has 0 unspecified atom stereocenters. The third-order valence-corrected chi connectivity index (χ3v) is 4.35. The van der Waals surface area contributed by atoms with Gasteiger partial charge in [-0.2, -0.15) is 0 Å². The molecule has 0 aliphatic heterocycles. The summed E-state index contributed by atoms with van der Waals surface area (Å²) in [6.07, 6.45) is 1.09. The van der Waals surface area contributed by atoms with Crippen LogP contribution in [0.2, 0.25) is 0 Å². The van der Waals surface area contributed by atoms with Crippen LogP contribution in [0.4, 0.5) is 5.69 Å². The highest BCUT2D eigenvalue weighted by Gasteiger charge is 2.00. The molecule has 2 rings (SSSR count). The van der Waals surface area contributed by atoms with Crippen LogP contribution in [-0.2, 0) is 6.61 Å². The first-order chi connectivity index (χ1) is 12.0. The quantitative estimate of drug-likeness (QED) is 0.451. The third-order valence-electron chi connectivity index (χ3n) is 3.57. The number of rotatable bonds is 8. The van der Waals surface area contributed by atoms with Crippen molar-refractivity contribution in [2.45, 2.75) is 13.0 Å². The van der Waals surface area contributed by atoms with E-state index in [1.54, 1.807) is 0 Å². The fourth-order valence-corrected chi connectivity index (χ4v) is 2.69. The largest absolute Gasteiger partial charge is 0.489 e. The Labute approximate surface area is 163 Å². The number of quaternary nitrogens is 1. The minimum absolute atomic E-state index is 0.539. The Morgan fingerprint density at radius 2 is 1.76 bits per heavy atom. The summed E-state index contributed by atoms with van der Waals surface area (Å²) in [6, 6.07) is 15.9. The minimum atomic E-state index is 0.539. The molecule has 0 saturated heterocycles. The molecule has 0 fully saturated rings. The van der Waals surface area contributed by atoms with Crippen LogP contribution in [0.25, 0.3) is 0 Å². The second kappa shape index (κ2) is 10.4. The molecular weight excluding hydrogens is 398 g/mol. The summed E-state index contributed by atoms with van der Waals surface area (Å²) in [5, 5.41) is 7.10. The summed E-state index contributed by atoms with van der Waals surface area (Å²) in [6.45, 7) is 2.55. The van der Waals surface area contributed by atoms with E-state index in [4.69, 9.17) is 17.0 Å². The lowest BCUT2D eigenvalue weighted by atomic mass is 10.2. The van der Waals surface area contributed by atoms with E-state index >= 15 is 0 Å². The van der Waals surface area contributed by atoms with Gasteiger partial charge in [0.2, 0.25) is 0 Å². The molecule has 0 spiro atoms. The maximum Gasteiger partial charge on any atom is 0.170 e. The van der Waals surface area contributed by atoms with Crippen LogP contribution in [-0.4, -0.2) is 32.3 Å². The Morgan fingerprint density at radius 3 is 2.40 bits per heavy atom. The van der Waals surface area contributed by atoms with Gasteiger partial charge in [0.05, 0.1) is 20.6 Å². The summed E-state index contributed by atoms with van der Waals surface area (Å²) in [5.41, 5.74) is 2.09. The predicted molar refractivity (Wildman–Crippen MR) is 111 cm³/mol. The first-order valence-electron chi connectivity index (χ1n) is 8.34. The molecule has 2 aromatic rings. The molecule has 0 heterocycles. The van der Waals surface area contributed by atoms with E-state index < -0.39 is 0 Å². The number of halogens is 1. The molecular formula is C19H25BrN3OS+. The van der Waals surface area contributed by atoms with Crippen molar-refractivity contribution in [2.24, 2.45) is 0 Å². The molecule has 0 saturated carbocycles. The van der Waals surface area contributed by atoms with Gasteiger partial charge in [0.15, 0.2) is 5.11 Å². The van der Waals surface area contributed by atoms with Gasteiger partial charge in [-0.1, -0.05) is 28.1 Å². The molecule has 0 aromatic heterocycles. The monoisotopic (exact) mass is 422 g/mol. The molecule has 4 nitrogen and oxygen atoms in total.